The topological polar surface area (TPSA) is 71.8 Å². The zero-order valence-electron chi connectivity index (χ0n) is 15.0. The highest BCUT2D eigenvalue weighted by atomic mass is 32.2. The van der Waals surface area contributed by atoms with Gasteiger partial charge in [0.25, 0.3) is 5.56 Å². The summed E-state index contributed by atoms with van der Waals surface area (Å²) < 4.78 is 29.0. The Morgan fingerprint density at radius 1 is 1.19 bits per heavy atom. The molecule has 27 heavy (non-hydrogen) atoms. The molecule has 8 heteroatoms. The number of fused-ring (bicyclic) bond motifs is 1. The number of aryl methyl sites for hydroxylation is 1. The van der Waals surface area contributed by atoms with Gasteiger partial charge in [-0.2, -0.15) is 4.31 Å². The predicted octanol–water partition coefficient (Wildman–Crippen LogP) is 2.71. The number of piperidine rings is 1. The van der Waals surface area contributed by atoms with Crippen molar-refractivity contribution in [2.24, 2.45) is 5.92 Å². The van der Waals surface area contributed by atoms with E-state index in [-0.39, 0.29) is 10.6 Å². The van der Waals surface area contributed by atoms with E-state index in [1.165, 1.54) is 25.6 Å². The fourth-order valence-corrected chi connectivity index (χ4v) is 6.13. The molecular weight excluding hydrogens is 382 g/mol. The molecule has 4 rings (SSSR count). The zero-order valence-corrected chi connectivity index (χ0v) is 16.7. The molecule has 0 radical (unpaired) electrons. The van der Waals surface area contributed by atoms with Crippen LogP contribution in [0.2, 0.25) is 0 Å². The van der Waals surface area contributed by atoms with Crippen molar-refractivity contribution in [2.75, 3.05) is 13.1 Å². The Morgan fingerprint density at radius 3 is 2.59 bits per heavy atom. The van der Waals surface area contributed by atoms with E-state index >= 15 is 0 Å². The van der Waals surface area contributed by atoms with Gasteiger partial charge < -0.3 is 0 Å². The van der Waals surface area contributed by atoms with E-state index < -0.39 is 15.6 Å². The molecule has 0 atom stereocenters. The first-order valence-corrected chi connectivity index (χ1v) is 11.3. The Hall–Kier alpha value is -2.03. The fraction of sp³-hybridized carbons (Fsp3) is 0.368. The third-order valence-electron chi connectivity index (χ3n) is 5.13. The molecule has 0 bridgehead atoms. The molecule has 1 fully saturated rings. The van der Waals surface area contributed by atoms with E-state index in [1.54, 1.807) is 18.5 Å². The van der Waals surface area contributed by atoms with Crippen molar-refractivity contribution < 1.29 is 8.42 Å². The predicted molar refractivity (Wildman–Crippen MR) is 106 cm³/mol. The van der Waals surface area contributed by atoms with Crippen LogP contribution in [0.4, 0.5) is 0 Å². The van der Waals surface area contributed by atoms with Crippen molar-refractivity contribution in [3.63, 3.8) is 0 Å². The zero-order chi connectivity index (χ0) is 19.0. The lowest BCUT2D eigenvalue weighted by Gasteiger charge is -2.31. The molecule has 2 aromatic heterocycles. The third kappa shape index (κ3) is 3.44. The molecule has 3 aromatic rings. The summed E-state index contributed by atoms with van der Waals surface area (Å²) in [5.74, 6) is 0.457. The Kier molecular flexibility index (Phi) is 4.88. The summed E-state index contributed by atoms with van der Waals surface area (Å²) in [6.07, 6.45) is 4.12. The van der Waals surface area contributed by atoms with Crippen molar-refractivity contribution in [3.8, 4) is 0 Å². The average molecular weight is 404 g/mol. The first-order chi connectivity index (χ1) is 13.0. The van der Waals surface area contributed by atoms with Gasteiger partial charge in [-0.1, -0.05) is 30.3 Å². The molecule has 3 heterocycles. The molecule has 1 aliphatic rings. The summed E-state index contributed by atoms with van der Waals surface area (Å²) in [7, 11) is -3.85. The van der Waals surface area contributed by atoms with Gasteiger partial charge in [0.1, 0.15) is 0 Å². The molecule has 0 aliphatic carbocycles. The highest BCUT2D eigenvalue weighted by Crippen LogP contribution is 2.26. The van der Waals surface area contributed by atoms with Gasteiger partial charge in [-0.05, 0) is 37.7 Å². The first-order valence-electron chi connectivity index (χ1n) is 8.97. The maximum atomic E-state index is 13.1. The smallest absolute Gasteiger partial charge is 0.267 e. The average Bonchev–Trinajstić information content (AvgIpc) is 3.11. The number of hydrogen-bond donors (Lipinski definition) is 0. The van der Waals surface area contributed by atoms with Gasteiger partial charge >= 0.3 is 0 Å². The van der Waals surface area contributed by atoms with Crippen molar-refractivity contribution >= 4 is 26.3 Å². The Balaban J connectivity index is 1.55. The number of aromatic nitrogens is 2. The van der Waals surface area contributed by atoms with E-state index in [4.69, 9.17) is 0 Å². The molecule has 0 unspecified atom stereocenters. The molecule has 0 saturated carbocycles. The van der Waals surface area contributed by atoms with Gasteiger partial charge in [-0.25, -0.2) is 13.4 Å². The third-order valence-corrected chi connectivity index (χ3v) is 7.92. The largest absolute Gasteiger partial charge is 0.279 e. The van der Waals surface area contributed by atoms with Crippen LogP contribution in [0.3, 0.4) is 0 Å². The molecule has 142 valence electrons. The van der Waals surface area contributed by atoms with E-state index in [2.05, 4.69) is 17.1 Å². The minimum absolute atomic E-state index is 0.195. The lowest BCUT2D eigenvalue weighted by atomic mass is 9.91. The highest BCUT2D eigenvalue weighted by molar-refractivity contribution is 7.89. The molecule has 1 saturated heterocycles. The summed E-state index contributed by atoms with van der Waals surface area (Å²) in [6.45, 7) is 2.46. The Labute approximate surface area is 162 Å². The summed E-state index contributed by atoms with van der Waals surface area (Å²) in [6, 6.07) is 10.3. The van der Waals surface area contributed by atoms with Crippen molar-refractivity contribution in [1.82, 2.24) is 13.7 Å². The number of hydrogen-bond acceptors (Lipinski definition) is 5. The molecule has 6 nitrogen and oxygen atoms in total. The lowest BCUT2D eigenvalue weighted by molar-refractivity contribution is 0.272. The molecule has 0 amide bonds. The number of benzene rings is 1. The van der Waals surface area contributed by atoms with Crippen LogP contribution in [0.5, 0.6) is 0 Å². The van der Waals surface area contributed by atoms with Crippen LogP contribution in [0.25, 0.3) is 4.96 Å². The summed E-state index contributed by atoms with van der Waals surface area (Å²) in [5, 5.41) is 1.73. The van der Waals surface area contributed by atoms with Gasteiger partial charge in [-0.15, -0.1) is 11.3 Å². The second kappa shape index (κ2) is 7.18. The summed E-state index contributed by atoms with van der Waals surface area (Å²) in [5.41, 5.74) is 1.04. The normalized spacial score (nSPS) is 16.8. The quantitative estimate of drug-likeness (QED) is 0.671. The van der Waals surface area contributed by atoms with Gasteiger partial charge in [0.05, 0.1) is 5.69 Å². The van der Waals surface area contributed by atoms with Gasteiger partial charge in [0.15, 0.2) is 9.86 Å². The van der Waals surface area contributed by atoms with Crippen LogP contribution in [0.1, 0.15) is 24.1 Å². The summed E-state index contributed by atoms with van der Waals surface area (Å²) in [4.78, 5) is 17.4. The number of nitrogens with zero attached hydrogens (tertiary/aromatic N) is 3. The number of sulfonamides is 1. The van der Waals surface area contributed by atoms with Crippen LogP contribution < -0.4 is 5.56 Å². The van der Waals surface area contributed by atoms with Crippen LogP contribution in [-0.2, 0) is 16.4 Å². The maximum absolute atomic E-state index is 13.1. The molecule has 1 aliphatic heterocycles. The minimum Gasteiger partial charge on any atom is -0.267 e. The second-order valence-electron chi connectivity index (χ2n) is 6.92. The van der Waals surface area contributed by atoms with Crippen molar-refractivity contribution in [3.05, 3.63) is 63.5 Å². The van der Waals surface area contributed by atoms with E-state index in [0.29, 0.717) is 24.0 Å². The van der Waals surface area contributed by atoms with Crippen LogP contribution in [0.15, 0.2) is 51.6 Å². The fourth-order valence-electron chi connectivity index (χ4n) is 3.69. The van der Waals surface area contributed by atoms with E-state index in [0.717, 1.165) is 19.3 Å². The minimum atomic E-state index is -3.85. The Morgan fingerprint density at radius 2 is 1.89 bits per heavy atom. The Bertz CT molecular complexity index is 1110. The maximum Gasteiger partial charge on any atom is 0.279 e. The van der Waals surface area contributed by atoms with Crippen LogP contribution in [-0.4, -0.2) is 35.2 Å². The molecule has 0 spiro atoms. The second-order valence-corrected chi connectivity index (χ2v) is 9.67. The number of thiazole rings is 1. The van der Waals surface area contributed by atoms with Crippen molar-refractivity contribution in [1.29, 1.82) is 0 Å². The van der Waals surface area contributed by atoms with Gasteiger partial charge in [-0.3, -0.25) is 9.20 Å². The van der Waals surface area contributed by atoms with Crippen LogP contribution in [0, 0.1) is 12.8 Å². The molecular formula is C19H21N3O3S2. The summed E-state index contributed by atoms with van der Waals surface area (Å²) >= 11 is 1.32. The standard InChI is InChI=1S/C19H21N3O3S2/c1-14-17(18(23)22-11-12-26-19(22)20-14)27(24,25)21-9-7-16(8-10-21)13-15-5-3-2-4-6-15/h2-6,11-12,16H,7-10,13H2,1H3. The molecule has 1 aromatic carbocycles. The van der Waals surface area contributed by atoms with E-state index in [1.807, 2.05) is 18.2 Å². The van der Waals surface area contributed by atoms with E-state index in [9.17, 15) is 13.2 Å². The van der Waals surface area contributed by atoms with Crippen LogP contribution >= 0.6 is 11.3 Å². The lowest BCUT2D eigenvalue weighted by Crippen LogP contribution is -2.41. The van der Waals surface area contributed by atoms with Crippen molar-refractivity contribution in [2.45, 2.75) is 31.1 Å². The first kappa shape index (κ1) is 18.3. The SMILES string of the molecule is Cc1nc2sccn2c(=O)c1S(=O)(=O)N1CCC(Cc2ccccc2)CC1. The molecule has 0 N–H and O–H groups in total. The van der Waals surface area contributed by atoms with Gasteiger partial charge in [0, 0.05) is 24.7 Å². The number of rotatable bonds is 4. The van der Waals surface area contributed by atoms with Gasteiger partial charge in [0.2, 0.25) is 10.0 Å². The highest BCUT2D eigenvalue weighted by Gasteiger charge is 2.33. The monoisotopic (exact) mass is 403 g/mol.